The zero-order valence-corrected chi connectivity index (χ0v) is 12.1. The lowest BCUT2D eigenvalue weighted by atomic mass is 10.0. The summed E-state index contributed by atoms with van der Waals surface area (Å²) in [5.74, 6) is 0.141. The minimum absolute atomic E-state index is 0.0362. The second kappa shape index (κ2) is 6.02. The maximum absolute atomic E-state index is 8.60. The van der Waals surface area contributed by atoms with E-state index >= 15 is 0 Å². The summed E-state index contributed by atoms with van der Waals surface area (Å²) in [7, 11) is 0. The van der Waals surface area contributed by atoms with Gasteiger partial charge in [0.2, 0.25) is 11.3 Å². The van der Waals surface area contributed by atoms with Gasteiger partial charge in [-0.05, 0) is 18.6 Å². The number of hydrogen-bond donors (Lipinski definition) is 3. The van der Waals surface area contributed by atoms with Crippen molar-refractivity contribution in [3.05, 3.63) is 34.7 Å². The summed E-state index contributed by atoms with van der Waals surface area (Å²) < 4.78 is 0. The van der Waals surface area contributed by atoms with Crippen molar-refractivity contribution in [3.8, 4) is 17.5 Å². The van der Waals surface area contributed by atoms with Crippen LogP contribution in [-0.2, 0) is 0 Å². The molecule has 0 fully saturated rings. The van der Waals surface area contributed by atoms with Crippen molar-refractivity contribution in [1.82, 2.24) is 4.98 Å². The number of hydrogen-bond acceptors (Lipinski definition) is 5. The van der Waals surface area contributed by atoms with E-state index in [0.717, 1.165) is 16.8 Å². The molecule has 0 spiro atoms. The molecule has 0 aliphatic carbocycles. The summed E-state index contributed by atoms with van der Waals surface area (Å²) >= 11 is 1.33. The van der Waals surface area contributed by atoms with E-state index in [0.29, 0.717) is 10.7 Å². The molecule has 0 aliphatic heterocycles. The van der Waals surface area contributed by atoms with Gasteiger partial charge in [-0.1, -0.05) is 12.1 Å². The molecule has 0 saturated heterocycles. The van der Waals surface area contributed by atoms with Crippen LogP contribution in [0.4, 0.5) is 5.13 Å². The highest BCUT2D eigenvalue weighted by molar-refractivity contribution is 7.13. The lowest BCUT2D eigenvalue weighted by Crippen LogP contribution is -2.21. The van der Waals surface area contributed by atoms with Gasteiger partial charge >= 0.3 is 0 Å². The van der Waals surface area contributed by atoms with Gasteiger partial charge in [-0.2, -0.15) is 15.2 Å². The molecule has 0 unspecified atom stereocenters. The number of nitriles is 1. The Bertz CT molecular complexity index is 763. The first-order valence-electron chi connectivity index (χ1n) is 5.90. The third kappa shape index (κ3) is 3.34. The Morgan fingerprint density at radius 3 is 2.76 bits per heavy atom. The SMILES string of the molecule is Cc1ccc(-c2csc(N=C(N)N)n2)cc1C(N)=NC#N. The number of nitrogens with zero attached hydrogens (tertiary/aromatic N) is 4. The zero-order valence-electron chi connectivity index (χ0n) is 11.2. The van der Waals surface area contributed by atoms with Gasteiger partial charge in [0.05, 0.1) is 5.69 Å². The molecule has 106 valence electrons. The van der Waals surface area contributed by atoms with Crippen LogP contribution in [-0.4, -0.2) is 16.8 Å². The predicted molar refractivity (Wildman–Crippen MR) is 84.1 cm³/mol. The van der Waals surface area contributed by atoms with E-state index in [1.807, 2.05) is 30.5 Å². The van der Waals surface area contributed by atoms with Crippen LogP contribution in [0.2, 0.25) is 0 Å². The second-order valence-corrected chi connectivity index (χ2v) is 5.02. The van der Waals surface area contributed by atoms with Gasteiger partial charge in [0, 0.05) is 16.5 Å². The largest absolute Gasteiger partial charge is 0.382 e. The Kier molecular flexibility index (Phi) is 4.15. The van der Waals surface area contributed by atoms with Crippen molar-refractivity contribution in [1.29, 1.82) is 5.26 Å². The number of nitrogens with two attached hydrogens (primary N) is 3. The highest BCUT2D eigenvalue weighted by atomic mass is 32.1. The zero-order chi connectivity index (χ0) is 15.4. The van der Waals surface area contributed by atoms with Crippen molar-refractivity contribution >= 4 is 28.3 Å². The summed E-state index contributed by atoms with van der Waals surface area (Å²) in [4.78, 5) is 11.8. The third-order valence-corrected chi connectivity index (χ3v) is 3.43. The molecule has 1 aromatic carbocycles. The Labute approximate surface area is 125 Å². The molecule has 0 aliphatic rings. The molecule has 0 amide bonds. The van der Waals surface area contributed by atoms with E-state index in [1.54, 1.807) is 6.19 Å². The maximum atomic E-state index is 8.60. The van der Waals surface area contributed by atoms with E-state index in [1.165, 1.54) is 11.3 Å². The molecule has 1 heterocycles. The molecule has 0 radical (unpaired) electrons. The molecule has 0 atom stereocenters. The summed E-state index contributed by atoms with van der Waals surface area (Å²) in [6.45, 7) is 1.89. The van der Waals surface area contributed by atoms with Gasteiger partial charge in [0.1, 0.15) is 5.84 Å². The highest BCUT2D eigenvalue weighted by Gasteiger charge is 2.09. The third-order valence-electron chi connectivity index (χ3n) is 2.70. The molecule has 2 rings (SSSR count). The summed E-state index contributed by atoms with van der Waals surface area (Å²) in [5.41, 5.74) is 19.6. The van der Waals surface area contributed by atoms with Crippen LogP contribution >= 0.6 is 11.3 Å². The number of benzene rings is 1. The van der Waals surface area contributed by atoms with Crippen LogP contribution in [0.15, 0.2) is 33.6 Å². The number of guanidine groups is 1. The average molecular weight is 299 g/mol. The second-order valence-electron chi connectivity index (χ2n) is 4.18. The fraction of sp³-hybridized carbons (Fsp3) is 0.0769. The van der Waals surface area contributed by atoms with Gasteiger partial charge in [-0.15, -0.1) is 11.3 Å². The highest BCUT2D eigenvalue weighted by Crippen LogP contribution is 2.28. The fourth-order valence-corrected chi connectivity index (χ4v) is 2.45. The number of rotatable bonds is 3. The van der Waals surface area contributed by atoms with E-state index < -0.39 is 0 Å². The molecule has 7 nitrogen and oxygen atoms in total. The minimum Gasteiger partial charge on any atom is -0.382 e. The van der Waals surface area contributed by atoms with E-state index in [-0.39, 0.29) is 11.8 Å². The minimum atomic E-state index is -0.0362. The van der Waals surface area contributed by atoms with Crippen LogP contribution in [0.25, 0.3) is 11.3 Å². The fourth-order valence-electron chi connectivity index (χ4n) is 1.73. The van der Waals surface area contributed by atoms with Gasteiger partial charge in [0.15, 0.2) is 5.96 Å². The van der Waals surface area contributed by atoms with Crippen molar-refractivity contribution < 1.29 is 0 Å². The number of aromatic nitrogens is 1. The number of aryl methyl sites for hydroxylation is 1. The Morgan fingerprint density at radius 2 is 2.10 bits per heavy atom. The van der Waals surface area contributed by atoms with Crippen LogP contribution < -0.4 is 17.2 Å². The molecule has 0 bridgehead atoms. The smallest absolute Gasteiger partial charge is 0.212 e. The summed E-state index contributed by atoms with van der Waals surface area (Å²) in [5, 5.41) is 10.9. The number of amidine groups is 1. The Balaban J connectivity index is 2.44. The van der Waals surface area contributed by atoms with Crippen molar-refractivity contribution in [2.45, 2.75) is 6.92 Å². The average Bonchev–Trinajstić information content (AvgIpc) is 2.87. The molecular weight excluding hydrogens is 286 g/mol. The lowest BCUT2D eigenvalue weighted by molar-refractivity contribution is 1.32. The molecular formula is C13H13N7S. The first kappa shape index (κ1) is 14.5. The van der Waals surface area contributed by atoms with Gasteiger partial charge in [0.25, 0.3) is 0 Å². The topological polar surface area (TPSA) is 139 Å². The Morgan fingerprint density at radius 1 is 1.33 bits per heavy atom. The lowest BCUT2D eigenvalue weighted by Gasteiger charge is -2.06. The van der Waals surface area contributed by atoms with Crippen molar-refractivity contribution in [3.63, 3.8) is 0 Å². The molecule has 6 N–H and O–H groups in total. The predicted octanol–water partition coefficient (Wildman–Crippen LogP) is 1.21. The van der Waals surface area contributed by atoms with Gasteiger partial charge < -0.3 is 17.2 Å². The molecule has 21 heavy (non-hydrogen) atoms. The van der Waals surface area contributed by atoms with E-state index in [9.17, 15) is 0 Å². The Hall–Kier alpha value is -2.92. The summed E-state index contributed by atoms with van der Waals surface area (Å²) in [6, 6.07) is 5.64. The molecule has 0 saturated carbocycles. The van der Waals surface area contributed by atoms with Gasteiger partial charge in [-0.25, -0.2) is 4.98 Å². The molecule has 2 aromatic rings. The monoisotopic (exact) mass is 299 g/mol. The van der Waals surface area contributed by atoms with Crippen LogP contribution in [0.5, 0.6) is 0 Å². The molecule has 1 aromatic heterocycles. The first-order chi connectivity index (χ1) is 10.0. The first-order valence-corrected chi connectivity index (χ1v) is 6.78. The normalized spacial score (nSPS) is 11.0. The van der Waals surface area contributed by atoms with Gasteiger partial charge in [-0.3, -0.25) is 0 Å². The quantitative estimate of drug-likeness (QED) is 0.444. The van der Waals surface area contributed by atoms with Crippen LogP contribution in [0.3, 0.4) is 0 Å². The molecule has 8 heteroatoms. The van der Waals surface area contributed by atoms with Crippen molar-refractivity contribution in [2.24, 2.45) is 27.2 Å². The summed E-state index contributed by atoms with van der Waals surface area (Å²) in [6.07, 6.45) is 1.68. The number of thiazole rings is 1. The standard InChI is InChI=1S/C13H13N7S/c1-7-2-3-8(4-9(7)11(15)18-6-14)10-5-21-13(19-10)20-12(16)17/h2-5H,1H3,(H2,15,18)(H4,16,17,19,20). The van der Waals surface area contributed by atoms with E-state index in [4.69, 9.17) is 22.5 Å². The maximum Gasteiger partial charge on any atom is 0.212 e. The van der Waals surface area contributed by atoms with Crippen molar-refractivity contribution in [2.75, 3.05) is 0 Å². The van der Waals surface area contributed by atoms with E-state index in [2.05, 4.69) is 15.0 Å². The van der Waals surface area contributed by atoms with Crippen LogP contribution in [0, 0.1) is 18.4 Å². The van der Waals surface area contributed by atoms with Crippen LogP contribution in [0.1, 0.15) is 11.1 Å². The number of aliphatic imine (C=N–C) groups is 2.